The molecular formula is C26H32N2O2. The van der Waals surface area contributed by atoms with Gasteiger partial charge in [0.15, 0.2) is 0 Å². The first-order valence-electron chi connectivity index (χ1n) is 10.8. The van der Waals surface area contributed by atoms with Crippen LogP contribution in [-0.4, -0.2) is 30.1 Å². The third-order valence-corrected chi connectivity index (χ3v) is 5.14. The van der Waals surface area contributed by atoms with Gasteiger partial charge in [0.2, 0.25) is 0 Å². The summed E-state index contributed by atoms with van der Waals surface area (Å²) in [6, 6.07) is 16.4. The van der Waals surface area contributed by atoms with Gasteiger partial charge >= 0.3 is 0 Å². The highest BCUT2D eigenvalue weighted by Crippen LogP contribution is 2.27. The van der Waals surface area contributed by atoms with Crippen LogP contribution in [0.4, 0.5) is 0 Å². The van der Waals surface area contributed by atoms with Crippen molar-refractivity contribution < 1.29 is 9.53 Å². The third-order valence-electron chi connectivity index (χ3n) is 5.14. The lowest BCUT2D eigenvalue weighted by Gasteiger charge is -2.12. The van der Waals surface area contributed by atoms with Gasteiger partial charge in [-0.2, -0.15) is 0 Å². The number of nitrogens with zero attached hydrogens (tertiary/aromatic N) is 1. The zero-order valence-corrected chi connectivity index (χ0v) is 18.7. The molecule has 2 aromatic carbocycles. The van der Waals surface area contributed by atoms with Crippen LogP contribution in [0.15, 0.2) is 48.5 Å². The Morgan fingerprint density at radius 3 is 2.43 bits per heavy atom. The summed E-state index contributed by atoms with van der Waals surface area (Å²) in [4.78, 5) is 17.8. The fraction of sp³-hybridized carbons (Fsp3) is 0.385. The first-order valence-corrected chi connectivity index (χ1v) is 10.8. The number of aromatic nitrogens is 1. The van der Waals surface area contributed by atoms with Crippen molar-refractivity contribution >= 4 is 16.8 Å². The Morgan fingerprint density at radius 2 is 1.77 bits per heavy atom. The lowest BCUT2D eigenvalue weighted by molar-refractivity contribution is 0.0757. The van der Waals surface area contributed by atoms with E-state index < -0.39 is 0 Å². The second-order valence-electron chi connectivity index (χ2n) is 8.38. The van der Waals surface area contributed by atoms with E-state index in [0.29, 0.717) is 24.6 Å². The number of amides is 1. The summed E-state index contributed by atoms with van der Waals surface area (Å²) in [6.45, 7) is 11.6. The van der Waals surface area contributed by atoms with E-state index >= 15 is 0 Å². The summed E-state index contributed by atoms with van der Waals surface area (Å²) >= 11 is 0. The number of carbonyl (C=O) groups is 1. The zero-order valence-electron chi connectivity index (χ0n) is 18.7. The van der Waals surface area contributed by atoms with Gasteiger partial charge < -0.3 is 10.1 Å². The Labute approximate surface area is 179 Å². The summed E-state index contributed by atoms with van der Waals surface area (Å²) in [5, 5.41) is 3.92. The Kier molecular flexibility index (Phi) is 7.22. The number of rotatable bonds is 8. The van der Waals surface area contributed by atoms with Gasteiger partial charge in [-0.3, -0.25) is 4.79 Å². The quantitative estimate of drug-likeness (QED) is 0.477. The van der Waals surface area contributed by atoms with Gasteiger partial charge in [0.25, 0.3) is 5.91 Å². The normalized spacial score (nSPS) is 11.4. The van der Waals surface area contributed by atoms with E-state index in [1.807, 2.05) is 45.0 Å². The van der Waals surface area contributed by atoms with Crippen LogP contribution in [0.5, 0.6) is 0 Å². The smallest absolute Gasteiger partial charge is 0.252 e. The van der Waals surface area contributed by atoms with Crippen LogP contribution in [0.25, 0.3) is 22.2 Å². The van der Waals surface area contributed by atoms with Crippen LogP contribution in [0, 0.1) is 6.92 Å². The van der Waals surface area contributed by atoms with Gasteiger partial charge in [-0.1, -0.05) is 49.7 Å². The van der Waals surface area contributed by atoms with Crippen molar-refractivity contribution in [1.29, 1.82) is 0 Å². The van der Waals surface area contributed by atoms with Crippen molar-refractivity contribution in [2.45, 2.75) is 53.1 Å². The van der Waals surface area contributed by atoms with E-state index in [0.717, 1.165) is 34.1 Å². The van der Waals surface area contributed by atoms with Crippen LogP contribution >= 0.6 is 0 Å². The van der Waals surface area contributed by atoms with Crippen molar-refractivity contribution in [3.8, 4) is 11.3 Å². The molecule has 0 saturated carbocycles. The molecule has 1 N–H and O–H groups in total. The van der Waals surface area contributed by atoms with Crippen molar-refractivity contribution in [2.75, 3.05) is 13.2 Å². The number of hydrogen-bond donors (Lipinski definition) is 1. The highest BCUT2D eigenvalue weighted by atomic mass is 16.5. The molecule has 1 heterocycles. The van der Waals surface area contributed by atoms with Gasteiger partial charge in [0.1, 0.15) is 0 Å². The predicted molar refractivity (Wildman–Crippen MR) is 124 cm³/mol. The van der Waals surface area contributed by atoms with E-state index in [1.165, 1.54) is 5.56 Å². The molecule has 0 spiro atoms. The minimum atomic E-state index is -0.0717. The fourth-order valence-corrected chi connectivity index (χ4v) is 3.40. The van der Waals surface area contributed by atoms with Crippen LogP contribution in [0.2, 0.25) is 0 Å². The molecule has 1 amide bonds. The Bertz CT molecular complexity index is 1010. The van der Waals surface area contributed by atoms with Gasteiger partial charge in [0, 0.05) is 24.1 Å². The second kappa shape index (κ2) is 9.86. The molecule has 158 valence electrons. The maximum atomic E-state index is 13.0. The number of ether oxygens (including phenoxy) is 1. The van der Waals surface area contributed by atoms with Crippen LogP contribution in [-0.2, 0) is 4.74 Å². The molecule has 3 rings (SSSR count). The van der Waals surface area contributed by atoms with Crippen molar-refractivity contribution in [2.24, 2.45) is 0 Å². The number of fused-ring (bicyclic) bond motifs is 1. The van der Waals surface area contributed by atoms with Gasteiger partial charge in [-0.15, -0.1) is 0 Å². The molecule has 0 unspecified atom stereocenters. The van der Waals surface area contributed by atoms with Crippen LogP contribution in [0.3, 0.4) is 0 Å². The lowest BCUT2D eigenvalue weighted by atomic mass is 9.98. The van der Waals surface area contributed by atoms with Gasteiger partial charge in [-0.25, -0.2) is 4.98 Å². The SMILES string of the molecule is Cc1ccc2nc(-c3ccc(C(C)C)cc3)cc(C(=O)NCCCOC(C)C)c2c1. The summed E-state index contributed by atoms with van der Waals surface area (Å²) in [5.41, 5.74) is 5.72. The highest BCUT2D eigenvalue weighted by Gasteiger charge is 2.14. The van der Waals surface area contributed by atoms with E-state index in [2.05, 4.69) is 43.4 Å². The van der Waals surface area contributed by atoms with E-state index in [9.17, 15) is 4.79 Å². The standard InChI is InChI=1S/C26H32N2O2/c1-17(2)20-8-10-21(11-9-20)25-16-23(22-15-19(5)7-12-24(22)28-25)26(29)27-13-6-14-30-18(3)4/h7-12,15-18H,6,13-14H2,1-5H3,(H,27,29). The first kappa shape index (κ1) is 22.0. The molecule has 0 bridgehead atoms. The number of carbonyl (C=O) groups excluding carboxylic acids is 1. The molecule has 0 fully saturated rings. The average Bonchev–Trinajstić information content (AvgIpc) is 2.72. The van der Waals surface area contributed by atoms with Crippen molar-refractivity contribution in [3.05, 3.63) is 65.2 Å². The molecule has 4 heteroatoms. The predicted octanol–water partition coefficient (Wildman–Crippen LogP) is 5.88. The molecule has 0 atom stereocenters. The first-order chi connectivity index (χ1) is 14.3. The van der Waals surface area contributed by atoms with E-state index in [-0.39, 0.29) is 12.0 Å². The fourth-order valence-electron chi connectivity index (χ4n) is 3.40. The molecule has 0 aliphatic heterocycles. The van der Waals surface area contributed by atoms with E-state index in [4.69, 9.17) is 9.72 Å². The number of pyridine rings is 1. The summed E-state index contributed by atoms with van der Waals surface area (Å²) in [6.07, 6.45) is 0.993. The molecule has 0 radical (unpaired) electrons. The third kappa shape index (κ3) is 5.45. The number of nitrogens with one attached hydrogen (secondary N) is 1. The van der Waals surface area contributed by atoms with Crippen LogP contribution < -0.4 is 5.32 Å². The molecule has 0 saturated heterocycles. The minimum absolute atomic E-state index is 0.0717. The molecule has 0 aliphatic rings. The molecule has 1 aromatic heterocycles. The molecule has 3 aromatic rings. The maximum absolute atomic E-state index is 13.0. The van der Waals surface area contributed by atoms with Crippen molar-refractivity contribution in [1.82, 2.24) is 10.3 Å². The Morgan fingerprint density at radius 1 is 1.03 bits per heavy atom. The monoisotopic (exact) mass is 404 g/mol. The second-order valence-corrected chi connectivity index (χ2v) is 8.38. The molecular weight excluding hydrogens is 372 g/mol. The molecule has 30 heavy (non-hydrogen) atoms. The average molecular weight is 405 g/mol. The maximum Gasteiger partial charge on any atom is 0.252 e. The number of hydrogen-bond acceptors (Lipinski definition) is 3. The minimum Gasteiger partial charge on any atom is -0.379 e. The Hall–Kier alpha value is -2.72. The largest absolute Gasteiger partial charge is 0.379 e. The lowest BCUT2D eigenvalue weighted by Crippen LogP contribution is -2.26. The van der Waals surface area contributed by atoms with Crippen molar-refractivity contribution in [3.63, 3.8) is 0 Å². The van der Waals surface area contributed by atoms with E-state index in [1.54, 1.807) is 0 Å². The van der Waals surface area contributed by atoms with Gasteiger partial charge in [-0.05, 0) is 56.9 Å². The summed E-state index contributed by atoms with van der Waals surface area (Å²) in [7, 11) is 0. The summed E-state index contributed by atoms with van der Waals surface area (Å²) in [5.74, 6) is 0.408. The topological polar surface area (TPSA) is 51.2 Å². The zero-order chi connectivity index (χ0) is 21.7. The van der Waals surface area contributed by atoms with Gasteiger partial charge in [0.05, 0.1) is 22.9 Å². The number of aryl methyl sites for hydroxylation is 1. The van der Waals surface area contributed by atoms with Crippen LogP contribution in [0.1, 0.15) is 61.5 Å². The highest BCUT2D eigenvalue weighted by molar-refractivity contribution is 6.07. The number of benzene rings is 2. The Balaban J connectivity index is 1.89. The summed E-state index contributed by atoms with van der Waals surface area (Å²) < 4.78 is 5.56. The molecule has 0 aliphatic carbocycles. The molecule has 4 nitrogen and oxygen atoms in total.